The molecular weight excluding hydrogens is 448 g/mol. The van der Waals surface area contributed by atoms with Gasteiger partial charge >= 0.3 is 0 Å². The number of aromatic nitrogens is 2. The Balaban J connectivity index is 1.13. The molecule has 3 heterocycles. The average Bonchev–Trinajstić information content (AvgIpc) is 3.49. The molecule has 180 valence electrons. The van der Waals surface area contributed by atoms with Crippen molar-refractivity contribution in [2.75, 3.05) is 23.3 Å². The van der Waals surface area contributed by atoms with Gasteiger partial charge in [0, 0.05) is 30.6 Å². The van der Waals surface area contributed by atoms with E-state index in [2.05, 4.69) is 58.5 Å². The molecule has 6 heteroatoms. The number of anilines is 2. The fourth-order valence-electron chi connectivity index (χ4n) is 5.14. The molecule has 0 aliphatic carbocycles. The Labute approximate surface area is 210 Å². The molecule has 1 amide bonds. The molecule has 1 saturated heterocycles. The number of amides is 1. The zero-order chi connectivity index (χ0) is 24.6. The minimum Gasteiger partial charge on any atom is -0.450 e. The quantitative estimate of drug-likeness (QED) is 0.313. The van der Waals surface area contributed by atoms with Gasteiger partial charge in [-0.05, 0) is 61.6 Å². The first-order valence-electron chi connectivity index (χ1n) is 12.4. The highest BCUT2D eigenvalue weighted by Crippen LogP contribution is 2.35. The lowest BCUT2D eigenvalue weighted by Crippen LogP contribution is -2.23. The number of rotatable bonds is 5. The van der Waals surface area contributed by atoms with Crippen LogP contribution in [0.3, 0.4) is 0 Å². The largest absolute Gasteiger partial charge is 0.450 e. The number of hydrogen-bond acceptors (Lipinski definition) is 5. The molecule has 2 aromatic heterocycles. The number of nitrogens with one attached hydrogen (secondary N) is 1. The van der Waals surface area contributed by atoms with Gasteiger partial charge in [0.2, 0.25) is 5.91 Å². The fraction of sp³-hybridized carbons (Fsp3) is 0.233. The van der Waals surface area contributed by atoms with Gasteiger partial charge in [0.15, 0.2) is 11.4 Å². The van der Waals surface area contributed by atoms with Gasteiger partial charge in [0.1, 0.15) is 16.9 Å². The van der Waals surface area contributed by atoms with Gasteiger partial charge in [-0.1, -0.05) is 54.1 Å². The number of nitrogens with zero attached hydrogens (tertiary/aromatic N) is 3. The number of carbonyl (C=O) groups excluding carboxylic acids is 1. The summed E-state index contributed by atoms with van der Waals surface area (Å²) in [6.45, 7) is 5.61. The van der Waals surface area contributed by atoms with E-state index in [-0.39, 0.29) is 11.8 Å². The second-order valence-corrected chi connectivity index (χ2v) is 9.67. The van der Waals surface area contributed by atoms with E-state index in [1.165, 1.54) is 11.1 Å². The third-order valence-electron chi connectivity index (χ3n) is 6.89. The molecule has 3 aromatic carbocycles. The third-order valence-corrected chi connectivity index (χ3v) is 6.89. The Morgan fingerprint density at radius 3 is 2.67 bits per heavy atom. The van der Waals surface area contributed by atoms with Crippen LogP contribution >= 0.6 is 0 Å². The lowest BCUT2D eigenvalue weighted by molar-refractivity contribution is -0.116. The van der Waals surface area contributed by atoms with E-state index in [9.17, 15) is 4.79 Å². The molecule has 1 N–H and O–H groups in total. The average molecular weight is 477 g/mol. The number of carbonyl (C=O) groups is 1. The topological polar surface area (TPSA) is 71.3 Å². The number of hydrogen-bond donors (Lipinski definition) is 1. The predicted molar refractivity (Wildman–Crippen MR) is 144 cm³/mol. The second-order valence-electron chi connectivity index (χ2n) is 9.67. The van der Waals surface area contributed by atoms with Crippen molar-refractivity contribution in [3.05, 3.63) is 84.2 Å². The van der Waals surface area contributed by atoms with Crippen LogP contribution in [0, 0.1) is 19.8 Å². The normalized spacial score (nSPS) is 15.6. The maximum Gasteiger partial charge on any atom is 0.224 e. The van der Waals surface area contributed by atoms with Crippen LogP contribution < -0.4 is 10.2 Å². The molecule has 0 spiro atoms. The Morgan fingerprint density at radius 1 is 1.00 bits per heavy atom. The van der Waals surface area contributed by atoms with Crippen molar-refractivity contribution in [2.45, 2.75) is 26.7 Å². The summed E-state index contributed by atoms with van der Waals surface area (Å²) in [4.78, 5) is 24.4. The van der Waals surface area contributed by atoms with Crippen molar-refractivity contribution < 1.29 is 9.21 Å². The molecule has 6 nitrogen and oxygen atoms in total. The van der Waals surface area contributed by atoms with Gasteiger partial charge in [-0.15, -0.1) is 0 Å². The lowest BCUT2D eigenvalue weighted by atomic mass is 10.0. The summed E-state index contributed by atoms with van der Waals surface area (Å²) in [7, 11) is 0. The smallest absolute Gasteiger partial charge is 0.224 e. The van der Waals surface area contributed by atoms with Crippen LogP contribution in [0.1, 0.15) is 24.2 Å². The minimum absolute atomic E-state index is 0.0397. The number of aryl methyl sites for hydroxylation is 2. The molecule has 0 radical (unpaired) electrons. The molecule has 1 aliphatic rings. The maximum atomic E-state index is 12.8. The summed E-state index contributed by atoms with van der Waals surface area (Å²) in [6.07, 6.45) is 1.41. The summed E-state index contributed by atoms with van der Waals surface area (Å²) in [5.74, 6) is 1.84. The summed E-state index contributed by atoms with van der Waals surface area (Å²) in [5.41, 5.74) is 6.76. The Hall–Kier alpha value is -4.19. The van der Waals surface area contributed by atoms with E-state index in [1.807, 2.05) is 43.3 Å². The van der Waals surface area contributed by atoms with Crippen LogP contribution in [0.4, 0.5) is 11.5 Å². The van der Waals surface area contributed by atoms with Gasteiger partial charge in [-0.2, -0.15) is 0 Å². The Morgan fingerprint density at radius 2 is 1.83 bits per heavy atom. The van der Waals surface area contributed by atoms with Crippen molar-refractivity contribution in [2.24, 2.45) is 5.92 Å². The standard InChI is InChI=1S/C30H28N4O2/c1-19-6-5-7-23(16-19)22-10-12-24(13-11-22)33-27(35)17-21-14-15-34(18-21)30-29-28(31-20(2)32-30)25-8-3-4-9-26(25)36-29/h3-13,16,21H,14-15,17-18H2,1-2H3,(H,33,35)/t21-/m1/s1. The SMILES string of the molecule is Cc1cccc(-c2ccc(NC(=O)C[C@H]3CCN(c4nc(C)nc5c4oc4ccccc45)C3)cc2)c1. The van der Waals surface area contributed by atoms with E-state index >= 15 is 0 Å². The van der Waals surface area contributed by atoms with Gasteiger partial charge in [0.25, 0.3) is 0 Å². The van der Waals surface area contributed by atoms with Gasteiger partial charge in [0.05, 0.1) is 0 Å². The van der Waals surface area contributed by atoms with Crippen molar-refractivity contribution >= 4 is 39.5 Å². The number of para-hydroxylation sites is 1. The highest BCUT2D eigenvalue weighted by Gasteiger charge is 2.28. The molecule has 6 rings (SSSR count). The third kappa shape index (κ3) is 4.31. The molecule has 1 fully saturated rings. The number of furan rings is 1. The first-order chi connectivity index (χ1) is 17.5. The van der Waals surface area contributed by atoms with Crippen LogP contribution in [0.15, 0.2) is 77.2 Å². The van der Waals surface area contributed by atoms with E-state index < -0.39 is 0 Å². The fourth-order valence-corrected chi connectivity index (χ4v) is 5.14. The molecule has 36 heavy (non-hydrogen) atoms. The molecule has 0 saturated carbocycles. The first-order valence-corrected chi connectivity index (χ1v) is 12.4. The summed E-state index contributed by atoms with van der Waals surface area (Å²) in [6, 6.07) is 24.4. The van der Waals surface area contributed by atoms with Crippen molar-refractivity contribution in [3.8, 4) is 11.1 Å². The van der Waals surface area contributed by atoms with Crippen molar-refractivity contribution in [3.63, 3.8) is 0 Å². The summed E-state index contributed by atoms with van der Waals surface area (Å²) < 4.78 is 6.15. The van der Waals surface area contributed by atoms with Gasteiger partial charge < -0.3 is 14.6 Å². The Kier molecular flexibility index (Phi) is 5.64. The first kappa shape index (κ1) is 22.3. The van der Waals surface area contributed by atoms with Crippen LogP contribution in [-0.4, -0.2) is 29.0 Å². The molecule has 5 aromatic rings. The monoisotopic (exact) mass is 476 g/mol. The van der Waals surface area contributed by atoms with Crippen molar-refractivity contribution in [1.29, 1.82) is 0 Å². The highest BCUT2D eigenvalue weighted by atomic mass is 16.3. The minimum atomic E-state index is 0.0397. The summed E-state index contributed by atoms with van der Waals surface area (Å²) in [5, 5.41) is 4.07. The maximum absolute atomic E-state index is 12.8. The van der Waals surface area contributed by atoms with E-state index in [1.54, 1.807) is 0 Å². The van der Waals surface area contributed by atoms with Gasteiger partial charge in [-0.25, -0.2) is 9.97 Å². The van der Waals surface area contributed by atoms with Crippen LogP contribution in [-0.2, 0) is 4.79 Å². The van der Waals surface area contributed by atoms with E-state index in [0.29, 0.717) is 6.42 Å². The van der Waals surface area contributed by atoms with E-state index in [4.69, 9.17) is 9.40 Å². The lowest BCUT2D eigenvalue weighted by Gasteiger charge is -2.18. The van der Waals surface area contributed by atoms with E-state index in [0.717, 1.165) is 64.5 Å². The second kappa shape index (κ2) is 9.11. The van der Waals surface area contributed by atoms with Crippen LogP contribution in [0.25, 0.3) is 33.2 Å². The molecule has 0 bridgehead atoms. The van der Waals surface area contributed by atoms with Crippen LogP contribution in [0.5, 0.6) is 0 Å². The van der Waals surface area contributed by atoms with Gasteiger partial charge in [-0.3, -0.25) is 4.79 Å². The zero-order valence-electron chi connectivity index (χ0n) is 20.5. The van der Waals surface area contributed by atoms with Crippen molar-refractivity contribution in [1.82, 2.24) is 9.97 Å². The molecular formula is C30H28N4O2. The molecule has 1 atom stereocenters. The zero-order valence-corrected chi connectivity index (χ0v) is 20.5. The predicted octanol–water partition coefficient (Wildman–Crippen LogP) is 6.51. The highest BCUT2D eigenvalue weighted by molar-refractivity contribution is 6.05. The van der Waals surface area contributed by atoms with Crippen LogP contribution in [0.2, 0.25) is 0 Å². The Bertz CT molecular complexity index is 1570. The number of benzene rings is 3. The molecule has 0 unspecified atom stereocenters. The molecule has 1 aliphatic heterocycles. The number of fused-ring (bicyclic) bond motifs is 3. The summed E-state index contributed by atoms with van der Waals surface area (Å²) >= 11 is 0.